The Hall–Kier alpha value is -2.83. The van der Waals surface area contributed by atoms with Gasteiger partial charge in [0.05, 0.1) is 31.5 Å². The molecule has 0 aromatic heterocycles. The quantitative estimate of drug-likeness (QED) is 0.335. The Bertz CT molecular complexity index is 1320. The molecule has 5 aliphatic carbocycles. The minimum Gasteiger partial charge on any atom is -0.493 e. The van der Waals surface area contributed by atoms with Crippen molar-refractivity contribution >= 4 is 17.8 Å². The number of likely N-dealkylation sites (tertiary alicyclic amines) is 1. The van der Waals surface area contributed by atoms with Crippen molar-refractivity contribution < 1.29 is 29.0 Å². The fraction of sp³-hybridized carbons (Fsp3) is 0.676. The molecule has 6 aliphatic rings. The molecule has 8 unspecified atom stereocenters. The number of carbonyl (C=O) groups excluding carboxylic acids is 2. The van der Waals surface area contributed by atoms with Gasteiger partial charge in [0.15, 0.2) is 11.5 Å². The van der Waals surface area contributed by atoms with E-state index in [9.17, 15) is 19.5 Å². The molecule has 7 nitrogen and oxygen atoms in total. The topological polar surface area (TPSA) is 93.1 Å². The van der Waals surface area contributed by atoms with Crippen LogP contribution in [0.15, 0.2) is 29.8 Å². The zero-order valence-electron chi connectivity index (χ0n) is 25.4. The summed E-state index contributed by atoms with van der Waals surface area (Å²) in [6, 6.07) is 5.73. The Morgan fingerprint density at radius 2 is 1.78 bits per heavy atom. The molecule has 41 heavy (non-hydrogen) atoms. The van der Waals surface area contributed by atoms with E-state index in [1.165, 1.54) is 5.57 Å². The van der Waals surface area contributed by atoms with Crippen molar-refractivity contribution in [3.8, 4) is 11.5 Å². The highest BCUT2D eigenvalue weighted by molar-refractivity contribution is 6.06. The second kappa shape index (κ2) is 9.60. The van der Waals surface area contributed by atoms with Crippen LogP contribution in [-0.2, 0) is 20.8 Å². The average molecular weight is 564 g/mol. The van der Waals surface area contributed by atoms with Crippen molar-refractivity contribution in [2.75, 3.05) is 20.8 Å². The molecule has 4 fully saturated rings. The van der Waals surface area contributed by atoms with E-state index in [1.54, 1.807) is 19.1 Å². The summed E-state index contributed by atoms with van der Waals surface area (Å²) in [5.41, 5.74) is 1.04. The molecular weight excluding hydrogens is 518 g/mol. The summed E-state index contributed by atoms with van der Waals surface area (Å²) in [7, 11) is 3.20. The van der Waals surface area contributed by atoms with Gasteiger partial charge in [0.1, 0.15) is 0 Å². The van der Waals surface area contributed by atoms with Gasteiger partial charge < -0.3 is 14.6 Å². The van der Waals surface area contributed by atoms with E-state index in [1.807, 2.05) is 25.1 Å². The molecule has 1 aliphatic heterocycles. The van der Waals surface area contributed by atoms with Gasteiger partial charge in [-0.15, -0.1) is 0 Å². The number of amides is 2. The highest BCUT2D eigenvalue weighted by atomic mass is 16.5. The van der Waals surface area contributed by atoms with Crippen LogP contribution in [-0.4, -0.2) is 48.6 Å². The second-order valence-electron chi connectivity index (χ2n) is 14.3. The Morgan fingerprint density at radius 3 is 2.44 bits per heavy atom. The molecule has 7 heteroatoms. The normalized spacial score (nSPS) is 39.2. The maximum absolute atomic E-state index is 14.3. The van der Waals surface area contributed by atoms with Crippen LogP contribution in [0.3, 0.4) is 0 Å². The third-order valence-electron chi connectivity index (χ3n) is 12.3. The highest BCUT2D eigenvalue weighted by Crippen LogP contribution is 2.74. The number of carboxylic acids is 1. The summed E-state index contributed by atoms with van der Waals surface area (Å²) >= 11 is 0. The van der Waals surface area contributed by atoms with E-state index in [0.717, 1.165) is 37.7 Å². The zero-order chi connectivity index (χ0) is 29.5. The first kappa shape index (κ1) is 28.3. The van der Waals surface area contributed by atoms with Gasteiger partial charge in [-0.25, -0.2) is 0 Å². The number of benzene rings is 1. The number of nitrogens with zero attached hydrogens (tertiary/aromatic N) is 1. The maximum Gasteiger partial charge on any atom is 0.309 e. The van der Waals surface area contributed by atoms with Gasteiger partial charge in [-0.3, -0.25) is 19.3 Å². The Morgan fingerprint density at radius 1 is 1.05 bits per heavy atom. The third-order valence-corrected chi connectivity index (χ3v) is 12.3. The maximum atomic E-state index is 14.3. The molecule has 2 amide bonds. The smallest absolute Gasteiger partial charge is 0.309 e. The van der Waals surface area contributed by atoms with Gasteiger partial charge in [0.2, 0.25) is 11.8 Å². The number of carbonyl (C=O) groups is 3. The van der Waals surface area contributed by atoms with Crippen LogP contribution in [0.5, 0.6) is 11.5 Å². The third kappa shape index (κ3) is 3.79. The number of methoxy groups -OCH3 is 2. The predicted molar refractivity (Wildman–Crippen MR) is 154 cm³/mol. The summed E-state index contributed by atoms with van der Waals surface area (Å²) in [5, 5.41) is 10.3. The van der Waals surface area contributed by atoms with Crippen molar-refractivity contribution in [3.05, 3.63) is 35.4 Å². The highest BCUT2D eigenvalue weighted by Gasteiger charge is 2.73. The molecule has 222 valence electrons. The van der Waals surface area contributed by atoms with Gasteiger partial charge in [-0.1, -0.05) is 44.9 Å². The molecule has 1 saturated heterocycles. The SMILES string of the molecule is COc1ccc(CCN2C(=O)C3C4CC5C6(C)CCCC(C)(C(=O)O)C6CCC5(C=C4C(C)C)C3C2=O)cc1OC. The van der Waals surface area contributed by atoms with Gasteiger partial charge in [0, 0.05) is 12.0 Å². The number of imide groups is 1. The molecule has 1 spiro atoms. The monoisotopic (exact) mass is 563 g/mol. The van der Waals surface area contributed by atoms with Crippen LogP contribution in [0, 0.1) is 51.8 Å². The van der Waals surface area contributed by atoms with Crippen LogP contribution >= 0.6 is 0 Å². The van der Waals surface area contributed by atoms with Gasteiger partial charge in [-0.2, -0.15) is 0 Å². The van der Waals surface area contributed by atoms with E-state index in [2.05, 4.69) is 26.8 Å². The number of ether oxygens (including phenoxy) is 2. The lowest BCUT2D eigenvalue weighted by molar-refractivity contribution is -0.194. The van der Waals surface area contributed by atoms with Crippen molar-refractivity contribution in [1.82, 2.24) is 4.90 Å². The van der Waals surface area contributed by atoms with E-state index in [0.29, 0.717) is 36.8 Å². The van der Waals surface area contributed by atoms with Crippen LogP contribution in [0.25, 0.3) is 0 Å². The van der Waals surface area contributed by atoms with E-state index < -0.39 is 11.4 Å². The molecule has 8 atom stereocenters. The Balaban J connectivity index is 1.35. The van der Waals surface area contributed by atoms with Crippen LogP contribution in [0.2, 0.25) is 0 Å². The van der Waals surface area contributed by atoms with Gasteiger partial charge >= 0.3 is 5.97 Å². The molecule has 1 aromatic carbocycles. The van der Waals surface area contributed by atoms with Gasteiger partial charge in [0.25, 0.3) is 0 Å². The molecule has 0 radical (unpaired) electrons. The predicted octanol–water partition coefficient (Wildman–Crippen LogP) is 5.76. The van der Waals surface area contributed by atoms with Crippen molar-refractivity contribution in [2.45, 2.75) is 72.6 Å². The minimum absolute atomic E-state index is 0.0131. The molecule has 3 saturated carbocycles. The summed E-state index contributed by atoms with van der Waals surface area (Å²) in [4.78, 5) is 42.6. The number of fused-ring (bicyclic) bond motifs is 1. The minimum atomic E-state index is -0.740. The fourth-order valence-electron chi connectivity index (χ4n) is 10.5. The Kier molecular flexibility index (Phi) is 6.63. The molecule has 1 N–H and O–H groups in total. The van der Waals surface area contributed by atoms with E-state index >= 15 is 0 Å². The number of carboxylic acid groups (broad SMARTS) is 1. The average Bonchev–Trinajstić information content (AvgIpc) is 3.21. The van der Waals surface area contributed by atoms with Crippen LogP contribution < -0.4 is 9.47 Å². The fourth-order valence-corrected chi connectivity index (χ4v) is 10.5. The van der Waals surface area contributed by atoms with E-state index in [-0.39, 0.29) is 52.2 Å². The standard InChI is InChI=1S/C34H45NO6/c1-19(2)22-18-34-14-10-25-32(3,12-7-13-33(25,4)31(38)39)26(34)17-21(22)27-28(34)30(37)35(29(27)36)15-11-20-8-9-23(40-5)24(16-20)41-6/h8-9,16,18-19,21,25-28H,7,10-15,17H2,1-6H3,(H,38,39). The first-order valence-corrected chi connectivity index (χ1v) is 15.4. The number of aliphatic carboxylic acids is 1. The second-order valence-corrected chi connectivity index (χ2v) is 14.3. The lowest BCUT2D eigenvalue weighted by Gasteiger charge is -2.68. The molecule has 7 rings (SSSR count). The van der Waals surface area contributed by atoms with Crippen LogP contribution in [0.4, 0.5) is 0 Å². The molecule has 1 aromatic rings. The van der Waals surface area contributed by atoms with E-state index in [4.69, 9.17) is 9.47 Å². The summed E-state index contributed by atoms with van der Waals surface area (Å²) < 4.78 is 10.8. The van der Waals surface area contributed by atoms with Crippen LogP contribution in [0.1, 0.15) is 71.8 Å². The lowest BCUT2D eigenvalue weighted by Crippen LogP contribution is -2.65. The molecular formula is C34H45NO6. The van der Waals surface area contributed by atoms with Crippen molar-refractivity contribution in [1.29, 1.82) is 0 Å². The largest absolute Gasteiger partial charge is 0.493 e. The van der Waals surface area contributed by atoms with Gasteiger partial charge in [-0.05, 0) is 92.2 Å². The van der Waals surface area contributed by atoms with Crippen molar-refractivity contribution in [2.24, 2.45) is 51.8 Å². The summed E-state index contributed by atoms with van der Waals surface area (Å²) in [6.45, 7) is 9.03. The number of rotatable bonds is 7. The lowest BCUT2D eigenvalue weighted by atomic mass is 9.34. The summed E-state index contributed by atoms with van der Waals surface area (Å²) in [6.07, 6.45) is 8.06. The Labute approximate surface area is 243 Å². The number of hydrogen-bond acceptors (Lipinski definition) is 5. The number of hydrogen-bond donors (Lipinski definition) is 1. The zero-order valence-corrected chi connectivity index (χ0v) is 25.4. The molecule has 2 bridgehead atoms. The first-order valence-electron chi connectivity index (χ1n) is 15.4. The van der Waals surface area contributed by atoms with Crippen molar-refractivity contribution in [3.63, 3.8) is 0 Å². The first-order chi connectivity index (χ1) is 19.4. The summed E-state index contributed by atoms with van der Waals surface area (Å²) in [5.74, 6) is 0.562. The molecule has 1 heterocycles. The number of allylic oxidation sites excluding steroid dienone is 2.